The van der Waals surface area contributed by atoms with E-state index in [1.54, 1.807) is 31.2 Å². The van der Waals surface area contributed by atoms with Crippen molar-refractivity contribution in [1.82, 2.24) is 4.72 Å². The van der Waals surface area contributed by atoms with E-state index < -0.39 is 10.0 Å². The van der Waals surface area contributed by atoms with Crippen LogP contribution >= 0.6 is 0 Å². The van der Waals surface area contributed by atoms with Gasteiger partial charge >= 0.3 is 0 Å². The number of hydrogen-bond donors (Lipinski definition) is 3. The third-order valence-corrected chi connectivity index (χ3v) is 4.25. The highest BCUT2D eigenvalue weighted by molar-refractivity contribution is 7.89. The molecular formula is C12H21N3O2S. The fourth-order valence-corrected chi connectivity index (χ4v) is 2.85. The molecule has 0 bridgehead atoms. The van der Waals surface area contributed by atoms with Gasteiger partial charge in [-0.3, -0.25) is 0 Å². The minimum Gasteiger partial charge on any atom is -0.380 e. The van der Waals surface area contributed by atoms with Crippen LogP contribution in [0.25, 0.3) is 0 Å². The molecule has 0 aromatic heterocycles. The number of anilines is 1. The van der Waals surface area contributed by atoms with Crippen LogP contribution in [-0.4, -0.2) is 27.5 Å². The van der Waals surface area contributed by atoms with Crippen molar-refractivity contribution < 1.29 is 8.42 Å². The Balaban J connectivity index is 3.07. The molecule has 18 heavy (non-hydrogen) atoms. The molecule has 4 N–H and O–H groups in total. The van der Waals surface area contributed by atoms with Crippen LogP contribution in [0.4, 0.5) is 5.69 Å². The zero-order valence-corrected chi connectivity index (χ0v) is 11.6. The maximum atomic E-state index is 12.0. The summed E-state index contributed by atoms with van der Waals surface area (Å²) in [6, 6.07) is 6.92. The first-order chi connectivity index (χ1) is 8.55. The predicted molar refractivity (Wildman–Crippen MR) is 74.1 cm³/mol. The summed E-state index contributed by atoms with van der Waals surface area (Å²) in [6.45, 7) is 4.59. The Morgan fingerprint density at radius 1 is 1.28 bits per heavy atom. The van der Waals surface area contributed by atoms with Gasteiger partial charge < -0.3 is 11.1 Å². The molecule has 6 heteroatoms. The predicted octanol–water partition coefficient (Wildman–Crippen LogP) is 1.13. The highest BCUT2D eigenvalue weighted by atomic mass is 32.2. The standard InChI is InChI=1S/C12H21N3O2S/c1-3-10(9-13)15-11-7-5-6-8-12(11)18(16,17)14-4-2/h5-8,10,14-15H,3-4,9,13H2,1-2H3. The zero-order valence-electron chi connectivity index (χ0n) is 10.8. The van der Waals surface area contributed by atoms with Gasteiger partial charge in [-0.2, -0.15) is 0 Å². The number of sulfonamides is 1. The molecule has 0 aliphatic carbocycles. The lowest BCUT2D eigenvalue weighted by Gasteiger charge is -2.18. The fraction of sp³-hybridized carbons (Fsp3) is 0.500. The van der Waals surface area contributed by atoms with Gasteiger partial charge in [-0.05, 0) is 18.6 Å². The van der Waals surface area contributed by atoms with Crippen LogP contribution in [0.3, 0.4) is 0 Å². The van der Waals surface area contributed by atoms with Crippen LogP contribution in [0.2, 0.25) is 0 Å². The Morgan fingerprint density at radius 2 is 1.94 bits per heavy atom. The van der Waals surface area contributed by atoms with Crippen LogP contribution < -0.4 is 15.8 Å². The quantitative estimate of drug-likeness (QED) is 0.694. The summed E-state index contributed by atoms with van der Waals surface area (Å²) in [5.74, 6) is 0. The van der Waals surface area contributed by atoms with Crippen LogP contribution in [0, 0.1) is 0 Å². The van der Waals surface area contributed by atoms with Crippen LogP contribution in [0.1, 0.15) is 20.3 Å². The van der Waals surface area contributed by atoms with Crippen molar-refractivity contribution in [2.45, 2.75) is 31.2 Å². The van der Waals surface area contributed by atoms with E-state index in [2.05, 4.69) is 10.0 Å². The van der Waals surface area contributed by atoms with E-state index in [9.17, 15) is 8.42 Å². The Kier molecular flexibility index (Phi) is 5.58. The van der Waals surface area contributed by atoms with E-state index in [0.717, 1.165) is 6.42 Å². The van der Waals surface area contributed by atoms with Gasteiger partial charge in [-0.15, -0.1) is 0 Å². The van der Waals surface area contributed by atoms with Gasteiger partial charge in [0.05, 0.1) is 5.69 Å². The molecule has 0 radical (unpaired) electrons. The second kappa shape index (κ2) is 6.72. The van der Waals surface area contributed by atoms with E-state index in [4.69, 9.17) is 5.73 Å². The summed E-state index contributed by atoms with van der Waals surface area (Å²) in [5.41, 5.74) is 6.21. The first-order valence-corrected chi connectivity index (χ1v) is 7.58. The molecule has 1 aromatic rings. The highest BCUT2D eigenvalue weighted by Gasteiger charge is 2.18. The van der Waals surface area contributed by atoms with Gasteiger partial charge in [-0.1, -0.05) is 26.0 Å². The van der Waals surface area contributed by atoms with Gasteiger partial charge in [0, 0.05) is 19.1 Å². The number of nitrogens with two attached hydrogens (primary N) is 1. The van der Waals surface area contributed by atoms with Gasteiger partial charge in [0.2, 0.25) is 10.0 Å². The van der Waals surface area contributed by atoms with Crippen molar-refractivity contribution in [3.63, 3.8) is 0 Å². The Labute approximate surface area is 109 Å². The largest absolute Gasteiger partial charge is 0.380 e. The number of benzene rings is 1. The summed E-state index contributed by atoms with van der Waals surface area (Å²) in [6.07, 6.45) is 0.839. The van der Waals surface area contributed by atoms with E-state index in [1.807, 2.05) is 6.92 Å². The number of rotatable bonds is 7. The van der Waals surface area contributed by atoms with Crippen molar-refractivity contribution in [3.05, 3.63) is 24.3 Å². The van der Waals surface area contributed by atoms with Crippen molar-refractivity contribution in [3.8, 4) is 0 Å². The van der Waals surface area contributed by atoms with Crippen molar-refractivity contribution in [2.75, 3.05) is 18.4 Å². The molecular weight excluding hydrogens is 250 g/mol. The maximum absolute atomic E-state index is 12.0. The molecule has 0 fully saturated rings. The minimum atomic E-state index is -3.46. The van der Waals surface area contributed by atoms with E-state index >= 15 is 0 Å². The molecule has 0 aliphatic rings. The van der Waals surface area contributed by atoms with Crippen molar-refractivity contribution >= 4 is 15.7 Å². The third kappa shape index (κ3) is 3.69. The molecule has 1 unspecified atom stereocenters. The molecule has 0 spiro atoms. The van der Waals surface area contributed by atoms with Crippen LogP contribution in [0.15, 0.2) is 29.2 Å². The van der Waals surface area contributed by atoms with Gasteiger partial charge in [-0.25, -0.2) is 13.1 Å². The van der Waals surface area contributed by atoms with E-state index in [-0.39, 0.29) is 10.9 Å². The summed E-state index contributed by atoms with van der Waals surface area (Å²) < 4.78 is 26.5. The lowest BCUT2D eigenvalue weighted by molar-refractivity contribution is 0.584. The Hall–Kier alpha value is -1.11. The maximum Gasteiger partial charge on any atom is 0.242 e. The normalized spacial score (nSPS) is 13.3. The Morgan fingerprint density at radius 3 is 2.50 bits per heavy atom. The zero-order chi connectivity index (χ0) is 13.6. The number of hydrogen-bond acceptors (Lipinski definition) is 4. The number of para-hydroxylation sites is 1. The SMILES string of the molecule is CCNS(=O)(=O)c1ccccc1NC(CC)CN. The molecule has 1 atom stereocenters. The first-order valence-electron chi connectivity index (χ1n) is 6.10. The van der Waals surface area contributed by atoms with Crippen LogP contribution in [0.5, 0.6) is 0 Å². The lowest BCUT2D eigenvalue weighted by atomic mass is 10.2. The second-order valence-electron chi connectivity index (χ2n) is 3.98. The minimum absolute atomic E-state index is 0.0722. The average molecular weight is 271 g/mol. The highest BCUT2D eigenvalue weighted by Crippen LogP contribution is 2.21. The third-order valence-electron chi connectivity index (χ3n) is 2.65. The van der Waals surface area contributed by atoms with Gasteiger partial charge in [0.1, 0.15) is 4.90 Å². The molecule has 102 valence electrons. The number of nitrogens with one attached hydrogen (secondary N) is 2. The van der Waals surface area contributed by atoms with Crippen molar-refractivity contribution in [1.29, 1.82) is 0 Å². The second-order valence-corrected chi connectivity index (χ2v) is 5.72. The monoisotopic (exact) mass is 271 g/mol. The smallest absolute Gasteiger partial charge is 0.242 e. The van der Waals surface area contributed by atoms with Gasteiger partial charge in [0.15, 0.2) is 0 Å². The van der Waals surface area contributed by atoms with E-state index in [0.29, 0.717) is 18.8 Å². The molecule has 1 aromatic carbocycles. The molecule has 1 rings (SSSR count). The Bertz CT molecular complexity index is 470. The topological polar surface area (TPSA) is 84.2 Å². The lowest BCUT2D eigenvalue weighted by Crippen LogP contribution is -2.30. The summed E-state index contributed by atoms with van der Waals surface area (Å²) in [7, 11) is -3.46. The molecule has 5 nitrogen and oxygen atoms in total. The molecule has 0 aliphatic heterocycles. The molecule has 0 saturated heterocycles. The fourth-order valence-electron chi connectivity index (χ4n) is 1.64. The summed E-state index contributed by atoms with van der Waals surface area (Å²) in [4.78, 5) is 0.263. The molecule has 0 saturated carbocycles. The summed E-state index contributed by atoms with van der Waals surface area (Å²) >= 11 is 0. The van der Waals surface area contributed by atoms with E-state index in [1.165, 1.54) is 0 Å². The van der Waals surface area contributed by atoms with Gasteiger partial charge in [0.25, 0.3) is 0 Å². The first kappa shape index (κ1) is 14.9. The molecule has 0 heterocycles. The average Bonchev–Trinajstić information content (AvgIpc) is 2.36. The van der Waals surface area contributed by atoms with Crippen molar-refractivity contribution in [2.24, 2.45) is 5.73 Å². The molecule has 0 amide bonds. The van der Waals surface area contributed by atoms with Crippen LogP contribution in [-0.2, 0) is 10.0 Å². The summed E-state index contributed by atoms with van der Waals surface area (Å²) in [5, 5.41) is 3.17.